The summed E-state index contributed by atoms with van der Waals surface area (Å²) < 4.78 is 7.53. The zero-order valence-electron chi connectivity index (χ0n) is 58.2. The second-order valence-corrected chi connectivity index (χ2v) is 29.7. The fourth-order valence-corrected chi connectivity index (χ4v) is 19.1. The van der Waals surface area contributed by atoms with Gasteiger partial charge in [-0.15, -0.1) is 11.8 Å². The predicted molar refractivity (Wildman–Crippen MR) is 444 cm³/mol. The lowest BCUT2D eigenvalue weighted by atomic mass is 9.27. The van der Waals surface area contributed by atoms with E-state index in [0.717, 1.165) is 103 Å². The van der Waals surface area contributed by atoms with Gasteiger partial charge in [0.1, 0.15) is 11.5 Å². The van der Waals surface area contributed by atoms with Crippen LogP contribution in [-0.4, -0.2) is 24.7 Å². The number of para-hydroxylation sites is 3. The Labute approximate surface area is 620 Å². The molecule has 20 rings (SSSR count). The Bertz CT molecular complexity index is 5750. The Morgan fingerprint density at radius 1 is 0.410 bits per heavy atom. The zero-order valence-corrected chi connectivity index (χ0v) is 59.0. The Balaban J connectivity index is 0.821. The van der Waals surface area contributed by atoms with Crippen LogP contribution in [-0.2, 0) is 0 Å². The van der Waals surface area contributed by atoms with Crippen LogP contribution >= 0.6 is 11.8 Å². The van der Waals surface area contributed by atoms with Crippen molar-refractivity contribution in [3.63, 3.8) is 0 Å². The minimum Gasteiger partial charge on any atom is -0.458 e. The molecule has 8 heteroatoms. The molecule has 13 aromatic carbocycles. The molecule has 4 atom stereocenters. The lowest BCUT2D eigenvalue weighted by Crippen LogP contribution is -2.60. The van der Waals surface area contributed by atoms with Crippen LogP contribution in [0.5, 0.6) is 11.5 Å². The third-order valence-electron chi connectivity index (χ3n) is 22.4. The lowest BCUT2D eigenvalue weighted by molar-refractivity contribution is 0.487. The van der Waals surface area contributed by atoms with E-state index in [9.17, 15) is 0 Å². The molecule has 4 aliphatic heterocycles. The molecule has 0 fully saturated rings. The highest BCUT2D eigenvalue weighted by molar-refractivity contribution is 8.00. The number of anilines is 10. The lowest BCUT2D eigenvalue weighted by Gasteiger charge is -2.50. The average Bonchev–Trinajstić information content (AvgIpc) is 0.692. The van der Waals surface area contributed by atoms with Gasteiger partial charge in [-0.2, -0.15) is 0 Å². The van der Waals surface area contributed by atoms with E-state index in [1.165, 1.54) is 71.6 Å². The summed E-state index contributed by atoms with van der Waals surface area (Å²) in [7, 11) is 0. The molecule has 0 radical (unpaired) electrons. The van der Waals surface area contributed by atoms with E-state index >= 15 is 0 Å². The molecule has 3 aliphatic carbocycles. The molecule has 7 aliphatic rings. The molecule has 4 unspecified atom stereocenters. The first-order valence-corrected chi connectivity index (χ1v) is 37.8. The monoisotopic (exact) mass is 1360 g/mol. The topological polar surface area (TPSA) is 22.2 Å². The second-order valence-electron chi connectivity index (χ2n) is 28.5. The molecule has 4 heterocycles. The van der Waals surface area contributed by atoms with E-state index in [0.29, 0.717) is 0 Å². The normalized spacial score (nSPS) is 17.4. The predicted octanol–water partition coefficient (Wildman–Crippen LogP) is 22.9. The van der Waals surface area contributed by atoms with Gasteiger partial charge >= 0.3 is 0 Å². The van der Waals surface area contributed by atoms with E-state index in [1.54, 1.807) is 0 Å². The van der Waals surface area contributed by atoms with Gasteiger partial charge in [-0.1, -0.05) is 285 Å². The van der Waals surface area contributed by atoms with Crippen LogP contribution in [0.3, 0.4) is 0 Å². The molecule has 0 N–H and O–H groups in total. The van der Waals surface area contributed by atoms with Crippen LogP contribution in [0.1, 0.15) is 29.9 Å². The van der Waals surface area contributed by atoms with Crippen molar-refractivity contribution in [1.82, 2.24) is 0 Å². The number of allylic oxidation sites excluding steroid dienone is 8. The molecular weight excluding hydrogens is 1290 g/mol. The van der Waals surface area contributed by atoms with Gasteiger partial charge in [-0.05, 0) is 182 Å². The molecule has 105 heavy (non-hydrogen) atoms. The number of hydrogen-bond donors (Lipinski definition) is 0. The SMILES string of the molecule is Cc1cccc(-c2ccccc2)c1N1C2=CC3Sc4cc(N(c5ccc(-c6ccccc6)cc5)c5cccc(C6C=CC=CC6)c5)cc5c4B(c4ccccc4N5C4C=CC=CC4)C3C=C2B2c3ccccc3Oc3cc(N(c4ccc(-c5ccccc5)cc4)c4cccc(-c5ccccc5)c4)cc1c32. The first-order valence-electron chi connectivity index (χ1n) is 36.9. The second kappa shape index (κ2) is 26.2. The van der Waals surface area contributed by atoms with Gasteiger partial charge in [-0.25, -0.2) is 0 Å². The van der Waals surface area contributed by atoms with Gasteiger partial charge in [0.2, 0.25) is 6.71 Å². The van der Waals surface area contributed by atoms with Crippen molar-refractivity contribution >= 4 is 104 Å². The smallest absolute Gasteiger partial charge is 0.255 e. The maximum Gasteiger partial charge on any atom is 0.255 e. The Morgan fingerprint density at radius 3 is 1.66 bits per heavy atom. The van der Waals surface area contributed by atoms with Gasteiger partial charge in [0.25, 0.3) is 6.71 Å². The molecule has 0 saturated carbocycles. The summed E-state index contributed by atoms with van der Waals surface area (Å²) in [6, 6.07) is 115. The minimum atomic E-state index is -0.165. The van der Waals surface area contributed by atoms with Crippen molar-refractivity contribution in [3.8, 4) is 56.0 Å². The molecule has 498 valence electrons. The fourth-order valence-electron chi connectivity index (χ4n) is 17.7. The first-order chi connectivity index (χ1) is 52.0. The zero-order chi connectivity index (χ0) is 69.5. The van der Waals surface area contributed by atoms with Crippen LogP contribution in [0.25, 0.3) is 44.5 Å². The van der Waals surface area contributed by atoms with E-state index < -0.39 is 0 Å². The fraction of sp³-hybridized carbons (Fsp3) is 0.0722. The van der Waals surface area contributed by atoms with E-state index in [1.807, 2.05) is 11.8 Å². The summed E-state index contributed by atoms with van der Waals surface area (Å²) in [6.45, 7) is 2.15. The van der Waals surface area contributed by atoms with Crippen LogP contribution in [0.2, 0.25) is 5.82 Å². The quantitative estimate of drug-likeness (QED) is 0.107. The molecular formula is C97H72B2N4OS. The van der Waals surface area contributed by atoms with Crippen LogP contribution in [0.4, 0.5) is 56.9 Å². The van der Waals surface area contributed by atoms with Gasteiger partial charge in [0.15, 0.2) is 0 Å². The molecule has 0 aromatic heterocycles. The maximum absolute atomic E-state index is 7.53. The molecule has 0 spiro atoms. The summed E-state index contributed by atoms with van der Waals surface area (Å²) in [5, 5.41) is 0.000813. The number of hydrogen-bond acceptors (Lipinski definition) is 6. The summed E-state index contributed by atoms with van der Waals surface area (Å²) in [6.07, 6.45) is 25.6. The number of aryl methyl sites for hydroxylation is 1. The van der Waals surface area contributed by atoms with Crippen molar-refractivity contribution in [2.24, 2.45) is 0 Å². The average molecular weight is 1360 g/mol. The van der Waals surface area contributed by atoms with Crippen molar-refractivity contribution in [2.75, 3.05) is 19.6 Å². The Hall–Kier alpha value is -12.2. The third kappa shape index (κ3) is 11.0. The van der Waals surface area contributed by atoms with Crippen molar-refractivity contribution in [2.45, 2.75) is 47.7 Å². The van der Waals surface area contributed by atoms with Crippen LogP contribution in [0, 0.1) is 6.92 Å². The summed E-state index contributed by atoms with van der Waals surface area (Å²) in [4.78, 5) is 11.6. The number of rotatable bonds is 13. The number of nitrogens with zero attached hydrogens (tertiary/aromatic N) is 4. The van der Waals surface area contributed by atoms with Gasteiger partial charge in [0.05, 0.1) is 17.4 Å². The van der Waals surface area contributed by atoms with Crippen LogP contribution in [0.15, 0.2) is 386 Å². The molecule has 0 saturated heterocycles. The van der Waals surface area contributed by atoms with Gasteiger partial charge in [-0.3, -0.25) is 0 Å². The van der Waals surface area contributed by atoms with Crippen molar-refractivity contribution in [3.05, 3.63) is 392 Å². The molecule has 5 nitrogen and oxygen atoms in total. The summed E-state index contributed by atoms with van der Waals surface area (Å²) in [5.41, 5.74) is 30.6. The summed E-state index contributed by atoms with van der Waals surface area (Å²) >= 11 is 2.05. The minimum absolute atomic E-state index is 0.000813. The maximum atomic E-state index is 7.53. The van der Waals surface area contributed by atoms with Crippen molar-refractivity contribution < 1.29 is 4.74 Å². The molecule has 0 amide bonds. The highest BCUT2D eigenvalue weighted by atomic mass is 32.2. The largest absolute Gasteiger partial charge is 0.458 e. The molecule has 0 bridgehead atoms. The van der Waals surface area contributed by atoms with E-state index in [2.05, 4.69) is 397 Å². The Morgan fingerprint density at radius 2 is 0.981 bits per heavy atom. The Kier molecular flexibility index (Phi) is 15.6. The van der Waals surface area contributed by atoms with E-state index in [4.69, 9.17) is 4.74 Å². The number of thioether (sulfide) groups is 1. The molecule has 13 aromatic rings. The third-order valence-corrected chi connectivity index (χ3v) is 23.7. The van der Waals surface area contributed by atoms with Gasteiger partial charge in [0, 0.05) is 78.9 Å². The highest BCUT2D eigenvalue weighted by Gasteiger charge is 2.52. The van der Waals surface area contributed by atoms with Gasteiger partial charge < -0.3 is 24.3 Å². The summed E-state index contributed by atoms with van der Waals surface area (Å²) in [5.74, 6) is 2.07. The standard InChI is InChI=1S/C97H72B2N4OS/c1-65-27-24-44-82(72-36-16-6-17-37-72)97(65)103-88-64-93-86(63-85(88)99-84-46-21-23-48-91(84)104-92-61-80(59-89(103)95(92)99)100(76-53-49-70(50-54-76)66-28-8-2-9-29-66)78-42-25-38-73(57-78)68-32-12-4-13-33-68)98-83-45-20-22-47-87(83)102(75-40-18-7-19-41-75)90-60-81(62-94(105-93)96(90)98)101(77-55-51-71(52-56-77)67-30-10-3-11-31-67)79-43-26-39-74(58-79)69-34-14-5-15-35-69/h2-34,36-40,42-64,69,75,86,93H,35,41H2,1H3. The first kappa shape index (κ1) is 62.5. The van der Waals surface area contributed by atoms with Crippen LogP contribution < -0.4 is 46.2 Å². The van der Waals surface area contributed by atoms with Crippen molar-refractivity contribution in [1.29, 1.82) is 0 Å². The number of fused-ring (bicyclic) bond motifs is 8. The van der Waals surface area contributed by atoms with E-state index in [-0.39, 0.29) is 36.5 Å². The highest BCUT2D eigenvalue weighted by Crippen LogP contribution is 2.56. The number of ether oxygens (including phenoxy) is 1. The number of benzene rings is 13.